The van der Waals surface area contributed by atoms with Crippen LogP contribution in [0, 0.1) is 5.92 Å². The summed E-state index contributed by atoms with van der Waals surface area (Å²) in [5.74, 6) is 1.09. The second-order valence-electron chi connectivity index (χ2n) is 7.65. The molecule has 2 fully saturated rings. The first-order valence-electron chi connectivity index (χ1n) is 9.25. The van der Waals surface area contributed by atoms with Crippen molar-refractivity contribution < 1.29 is 13.2 Å². The standard InChI is InChI=1S/C19H28F3N3/c1-14-4-10-25(11-5-14)18-12-16(2-3-17(18)23)15-6-8-24(9-7-15)13-19(20,21)22/h2-3,12,14-15H,4-11,13,23H2,1H3. The number of anilines is 2. The predicted molar refractivity (Wildman–Crippen MR) is 95.9 cm³/mol. The Kier molecular flexibility index (Phi) is 5.46. The van der Waals surface area contributed by atoms with Gasteiger partial charge in [0, 0.05) is 13.1 Å². The largest absolute Gasteiger partial charge is 0.401 e. The van der Waals surface area contributed by atoms with Gasteiger partial charge in [-0.1, -0.05) is 13.0 Å². The van der Waals surface area contributed by atoms with Crippen LogP contribution in [0.4, 0.5) is 24.5 Å². The summed E-state index contributed by atoms with van der Waals surface area (Å²) in [4.78, 5) is 3.87. The highest BCUT2D eigenvalue weighted by atomic mass is 19.4. The molecule has 2 heterocycles. The topological polar surface area (TPSA) is 32.5 Å². The van der Waals surface area contributed by atoms with Crippen molar-refractivity contribution in [3.63, 3.8) is 0 Å². The van der Waals surface area contributed by atoms with Gasteiger partial charge in [-0.3, -0.25) is 4.90 Å². The third kappa shape index (κ3) is 4.81. The smallest absolute Gasteiger partial charge is 0.397 e. The third-order valence-electron chi connectivity index (χ3n) is 5.64. The average Bonchev–Trinajstić information content (AvgIpc) is 2.56. The van der Waals surface area contributed by atoms with Crippen LogP contribution in [0.2, 0.25) is 0 Å². The number of likely N-dealkylation sites (tertiary alicyclic amines) is 1. The van der Waals surface area contributed by atoms with Crippen LogP contribution in [0.25, 0.3) is 0 Å². The Morgan fingerprint density at radius 2 is 1.68 bits per heavy atom. The molecule has 1 aromatic carbocycles. The van der Waals surface area contributed by atoms with Crippen LogP contribution in [-0.4, -0.2) is 43.8 Å². The van der Waals surface area contributed by atoms with Gasteiger partial charge in [0.25, 0.3) is 0 Å². The van der Waals surface area contributed by atoms with E-state index >= 15 is 0 Å². The molecule has 0 atom stereocenters. The molecule has 2 saturated heterocycles. The molecule has 2 aliphatic rings. The highest BCUT2D eigenvalue weighted by Gasteiger charge is 2.33. The summed E-state index contributed by atoms with van der Waals surface area (Å²) in [7, 11) is 0. The molecular formula is C19H28F3N3. The molecule has 6 heteroatoms. The molecule has 0 aliphatic carbocycles. The number of alkyl halides is 3. The maximum atomic E-state index is 12.5. The van der Waals surface area contributed by atoms with Gasteiger partial charge in [-0.15, -0.1) is 0 Å². The zero-order chi connectivity index (χ0) is 18.0. The van der Waals surface area contributed by atoms with Gasteiger partial charge in [0.2, 0.25) is 0 Å². The number of nitrogen functional groups attached to an aromatic ring is 1. The monoisotopic (exact) mass is 355 g/mol. The molecule has 2 aliphatic heterocycles. The Balaban J connectivity index is 1.65. The van der Waals surface area contributed by atoms with E-state index in [4.69, 9.17) is 5.73 Å². The minimum Gasteiger partial charge on any atom is -0.397 e. The number of halogens is 3. The summed E-state index contributed by atoms with van der Waals surface area (Å²) < 4.78 is 37.6. The van der Waals surface area contributed by atoms with Gasteiger partial charge < -0.3 is 10.6 Å². The van der Waals surface area contributed by atoms with E-state index in [1.807, 2.05) is 6.07 Å². The Morgan fingerprint density at radius 1 is 1.04 bits per heavy atom. The van der Waals surface area contributed by atoms with Gasteiger partial charge in [0.15, 0.2) is 0 Å². The van der Waals surface area contributed by atoms with Crippen LogP contribution in [0.5, 0.6) is 0 Å². The quantitative estimate of drug-likeness (QED) is 0.823. The summed E-state index contributed by atoms with van der Waals surface area (Å²) in [5.41, 5.74) is 9.32. The molecule has 1 aromatic rings. The molecule has 0 aromatic heterocycles. The molecule has 0 saturated carbocycles. The normalized spacial score (nSPS) is 21.7. The zero-order valence-corrected chi connectivity index (χ0v) is 14.9. The molecule has 0 bridgehead atoms. The molecule has 0 unspecified atom stereocenters. The minimum absolute atomic E-state index is 0.326. The summed E-state index contributed by atoms with van der Waals surface area (Å²) in [6.45, 7) is 4.55. The van der Waals surface area contributed by atoms with E-state index in [-0.39, 0.29) is 0 Å². The Morgan fingerprint density at radius 3 is 2.28 bits per heavy atom. The van der Waals surface area contributed by atoms with Crippen LogP contribution in [0.15, 0.2) is 18.2 Å². The fourth-order valence-electron chi connectivity index (χ4n) is 4.02. The lowest BCUT2D eigenvalue weighted by Crippen LogP contribution is -2.39. The van der Waals surface area contributed by atoms with E-state index in [9.17, 15) is 13.2 Å². The number of nitrogens with zero attached hydrogens (tertiary/aromatic N) is 2. The van der Waals surface area contributed by atoms with Crippen LogP contribution >= 0.6 is 0 Å². The molecule has 3 rings (SSSR count). The third-order valence-corrected chi connectivity index (χ3v) is 5.64. The van der Waals surface area contributed by atoms with Crippen LogP contribution < -0.4 is 10.6 Å². The molecule has 140 valence electrons. The summed E-state index contributed by atoms with van der Waals surface area (Å²) in [6.07, 6.45) is -0.196. The first-order chi connectivity index (χ1) is 11.8. The lowest BCUT2D eigenvalue weighted by molar-refractivity contribution is -0.147. The number of hydrogen-bond donors (Lipinski definition) is 1. The summed E-state index contributed by atoms with van der Waals surface area (Å²) in [5, 5.41) is 0. The number of nitrogens with two attached hydrogens (primary N) is 1. The maximum Gasteiger partial charge on any atom is 0.401 e. The summed E-state index contributed by atoms with van der Waals surface area (Å²) >= 11 is 0. The van der Waals surface area contributed by atoms with Gasteiger partial charge in [0.05, 0.1) is 17.9 Å². The van der Waals surface area contributed by atoms with Gasteiger partial charge in [-0.2, -0.15) is 13.2 Å². The van der Waals surface area contributed by atoms with E-state index in [0.717, 1.165) is 43.2 Å². The zero-order valence-electron chi connectivity index (χ0n) is 14.9. The Hall–Kier alpha value is -1.43. The van der Waals surface area contributed by atoms with E-state index in [0.29, 0.717) is 19.0 Å². The molecule has 3 nitrogen and oxygen atoms in total. The fraction of sp³-hybridized carbons (Fsp3) is 0.684. The summed E-state index contributed by atoms with van der Waals surface area (Å²) in [6, 6.07) is 6.19. The van der Waals surface area contributed by atoms with Gasteiger partial charge in [-0.25, -0.2) is 0 Å². The number of hydrogen-bond acceptors (Lipinski definition) is 3. The van der Waals surface area contributed by atoms with Crippen LogP contribution in [0.1, 0.15) is 44.1 Å². The fourth-order valence-corrected chi connectivity index (χ4v) is 4.02. The van der Waals surface area contributed by atoms with Crippen LogP contribution in [-0.2, 0) is 0 Å². The first kappa shape index (κ1) is 18.4. The predicted octanol–water partition coefficient (Wildman–Crippen LogP) is 4.25. The maximum absolute atomic E-state index is 12.5. The van der Waals surface area contributed by atoms with Gasteiger partial charge in [0.1, 0.15) is 0 Å². The first-order valence-corrected chi connectivity index (χ1v) is 9.25. The SMILES string of the molecule is CC1CCN(c2cc(C3CCN(CC(F)(F)F)CC3)ccc2N)CC1. The van der Waals surface area contributed by atoms with Crippen molar-refractivity contribution >= 4 is 11.4 Å². The van der Waals surface area contributed by atoms with E-state index in [1.54, 1.807) is 0 Å². The molecule has 0 radical (unpaired) electrons. The Labute approximate surface area is 148 Å². The highest BCUT2D eigenvalue weighted by molar-refractivity contribution is 5.69. The molecule has 0 amide bonds. The molecule has 0 spiro atoms. The average molecular weight is 355 g/mol. The lowest BCUT2D eigenvalue weighted by Gasteiger charge is -2.35. The van der Waals surface area contributed by atoms with Crippen molar-refractivity contribution in [2.75, 3.05) is 43.4 Å². The van der Waals surface area contributed by atoms with Crippen molar-refractivity contribution in [3.05, 3.63) is 23.8 Å². The van der Waals surface area contributed by atoms with Gasteiger partial charge in [-0.05, 0) is 68.3 Å². The van der Waals surface area contributed by atoms with E-state index in [1.165, 1.54) is 23.3 Å². The minimum atomic E-state index is -4.10. The second kappa shape index (κ2) is 7.44. The molecular weight excluding hydrogens is 327 g/mol. The van der Waals surface area contributed by atoms with E-state index < -0.39 is 12.7 Å². The molecule has 25 heavy (non-hydrogen) atoms. The van der Waals surface area contributed by atoms with E-state index in [2.05, 4.69) is 24.0 Å². The number of rotatable bonds is 3. The second-order valence-corrected chi connectivity index (χ2v) is 7.65. The Bertz CT molecular complexity index is 572. The van der Waals surface area contributed by atoms with Crippen molar-refractivity contribution in [3.8, 4) is 0 Å². The van der Waals surface area contributed by atoms with Crippen molar-refractivity contribution in [1.82, 2.24) is 4.90 Å². The number of benzene rings is 1. The van der Waals surface area contributed by atoms with Crippen molar-refractivity contribution in [2.24, 2.45) is 5.92 Å². The van der Waals surface area contributed by atoms with Gasteiger partial charge >= 0.3 is 6.18 Å². The molecule has 2 N–H and O–H groups in total. The van der Waals surface area contributed by atoms with Crippen molar-refractivity contribution in [1.29, 1.82) is 0 Å². The van der Waals surface area contributed by atoms with Crippen LogP contribution in [0.3, 0.4) is 0 Å². The highest BCUT2D eigenvalue weighted by Crippen LogP contribution is 2.35. The lowest BCUT2D eigenvalue weighted by atomic mass is 9.88. The van der Waals surface area contributed by atoms with Crippen molar-refractivity contribution in [2.45, 2.75) is 44.7 Å². The number of piperidine rings is 2.